The molecular weight excluding hydrogens is 364 g/mol. The summed E-state index contributed by atoms with van der Waals surface area (Å²) < 4.78 is 33.1. The van der Waals surface area contributed by atoms with Crippen LogP contribution >= 0.6 is 0 Å². The normalized spacial score (nSPS) is 11.3. The van der Waals surface area contributed by atoms with Crippen molar-refractivity contribution in [3.63, 3.8) is 0 Å². The van der Waals surface area contributed by atoms with E-state index in [0.717, 1.165) is 22.4 Å². The molecule has 0 heterocycles. The minimum absolute atomic E-state index is 0.0890. The molecule has 146 valence electrons. The van der Waals surface area contributed by atoms with E-state index in [9.17, 15) is 13.2 Å². The Bertz CT molecular complexity index is 939. The van der Waals surface area contributed by atoms with Crippen molar-refractivity contribution >= 4 is 21.6 Å². The lowest BCUT2D eigenvalue weighted by Gasteiger charge is -2.24. The number of hydrogen-bond acceptors (Lipinski definition) is 4. The molecule has 27 heavy (non-hydrogen) atoms. The molecule has 0 saturated heterocycles. The molecule has 0 radical (unpaired) electrons. The minimum Gasteiger partial charge on any atom is -0.495 e. The fourth-order valence-corrected chi connectivity index (χ4v) is 4.11. The van der Waals surface area contributed by atoms with Crippen molar-refractivity contribution < 1.29 is 17.9 Å². The van der Waals surface area contributed by atoms with Gasteiger partial charge in [-0.2, -0.15) is 0 Å². The van der Waals surface area contributed by atoms with Crippen LogP contribution in [0.2, 0.25) is 0 Å². The highest BCUT2D eigenvalue weighted by molar-refractivity contribution is 7.89. The average Bonchev–Trinajstić information content (AvgIpc) is 2.61. The maximum absolute atomic E-state index is 12.7. The predicted molar refractivity (Wildman–Crippen MR) is 107 cm³/mol. The van der Waals surface area contributed by atoms with Gasteiger partial charge in [0.2, 0.25) is 15.9 Å². The summed E-state index contributed by atoms with van der Waals surface area (Å²) in [7, 11) is -2.33. The van der Waals surface area contributed by atoms with E-state index < -0.39 is 10.0 Å². The topological polar surface area (TPSA) is 75.7 Å². The van der Waals surface area contributed by atoms with Gasteiger partial charge in [-0.1, -0.05) is 18.2 Å². The lowest BCUT2D eigenvalue weighted by Crippen LogP contribution is -2.38. The first-order chi connectivity index (χ1) is 12.7. The summed E-state index contributed by atoms with van der Waals surface area (Å²) in [6.07, 6.45) is 0. The van der Waals surface area contributed by atoms with E-state index in [-0.39, 0.29) is 29.6 Å². The zero-order chi connectivity index (χ0) is 20.2. The van der Waals surface area contributed by atoms with E-state index in [0.29, 0.717) is 0 Å². The van der Waals surface area contributed by atoms with Gasteiger partial charge in [-0.05, 0) is 55.7 Å². The third kappa shape index (κ3) is 4.87. The van der Waals surface area contributed by atoms with Gasteiger partial charge >= 0.3 is 0 Å². The van der Waals surface area contributed by atoms with E-state index in [2.05, 4.69) is 4.72 Å². The summed E-state index contributed by atoms with van der Waals surface area (Å²) in [5, 5.41) is 0. The first-order valence-electron chi connectivity index (χ1n) is 8.66. The van der Waals surface area contributed by atoms with Crippen LogP contribution in [0.4, 0.5) is 5.69 Å². The number of anilines is 1. The summed E-state index contributed by atoms with van der Waals surface area (Å²) in [5.74, 6) is 0.141. The number of amides is 1. The summed E-state index contributed by atoms with van der Waals surface area (Å²) in [4.78, 5) is 13.8. The van der Waals surface area contributed by atoms with Crippen LogP contribution in [0.25, 0.3) is 0 Å². The molecule has 0 aromatic heterocycles. The highest BCUT2D eigenvalue weighted by Gasteiger charge is 2.21. The number of nitrogens with zero attached hydrogens (tertiary/aromatic N) is 1. The molecule has 6 nitrogen and oxygen atoms in total. The Morgan fingerprint density at radius 3 is 2.48 bits per heavy atom. The molecule has 1 amide bonds. The molecule has 2 aromatic rings. The van der Waals surface area contributed by atoms with Crippen LogP contribution in [0.15, 0.2) is 41.3 Å². The SMILES string of the molecule is COc1ccc(C)cc1S(=O)(=O)NCCN(C(C)=O)c1cccc(C)c1C. The summed E-state index contributed by atoms with van der Waals surface area (Å²) >= 11 is 0. The second-order valence-electron chi connectivity index (χ2n) is 6.44. The van der Waals surface area contributed by atoms with Crippen molar-refractivity contribution in [2.75, 3.05) is 25.1 Å². The van der Waals surface area contributed by atoms with Crippen molar-refractivity contribution in [1.82, 2.24) is 4.72 Å². The number of nitrogens with one attached hydrogen (secondary N) is 1. The lowest BCUT2D eigenvalue weighted by molar-refractivity contribution is -0.116. The van der Waals surface area contributed by atoms with Gasteiger partial charge in [0.25, 0.3) is 0 Å². The molecule has 0 unspecified atom stereocenters. The zero-order valence-corrected chi connectivity index (χ0v) is 17.2. The highest BCUT2D eigenvalue weighted by atomic mass is 32.2. The van der Waals surface area contributed by atoms with Crippen LogP contribution in [0.1, 0.15) is 23.6 Å². The fraction of sp³-hybridized carbons (Fsp3) is 0.350. The van der Waals surface area contributed by atoms with Gasteiger partial charge in [-0.25, -0.2) is 13.1 Å². The first-order valence-corrected chi connectivity index (χ1v) is 10.1. The fourth-order valence-electron chi connectivity index (χ4n) is 2.84. The highest BCUT2D eigenvalue weighted by Crippen LogP contribution is 2.25. The van der Waals surface area contributed by atoms with Crippen molar-refractivity contribution in [3.05, 3.63) is 53.1 Å². The molecular formula is C20H26N2O4S. The molecule has 0 aliphatic carbocycles. The molecule has 0 aliphatic heterocycles. The molecule has 2 rings (SSSR count). The number of sulfonamides is 1. The van der Waals surface area contributed by atoms with Crippen LogP contribution < -0.4 is 14.4 Å². The Morgan fingerprint density at radius 2 is 1.85 bits per heavy atom. The second-order valence-corrected chi connectivity index (χ2v) is 8.18. The number of aryl methyl sites for hydroxylation is 2. The van der Waals surface area contributed by atoms with E-state index in [4.69, 9.17) is 4.74 Å². The van der Waals surface area contributed by atoms with Crippen molar-refractivity contribution in [2.45, 2.75) is 32.6 Å². The number of hydrogen-bond donors (Lipinski definition) is 1. The largest absolute Gasteiger partial charge is 0.495 e. The number of rotatable bonds is 7. The van der Waals surface area contributed by atoms with Gasteiger partial charge in [0, 0.05) is 25.7 Å². The van der Waals surface area contributed by atoms with Crippen LogP contribution in [-0.4, -0.2) is 34.5 Å². The van der Waals surface area contributed by atoms with E-state index >= 15 is 0 Å². The molecule has 0 bridgehead atoms. The van der Waals surface area contributed by atoms with Crippen molar-refractivity contribution in [1.29, 1.82) is 0 Å². The Balaban J connectivity index is 2.19. The zero-order valence-electron chi connectivity index (χ0n) is 16.4. The maximum Gasteiger partial charge on any atom is 0.244 e. The predicted octanol–water partition coefficient (Wildman–Crippen LogP) is 2.95. The summed E-state index contributed by atoms with van der Waals surface area (Å²) in [5.41, 5.74) is 3.67. The number of carbonyl (C=O) groups excluding carboxylic acids is 1. The standard InChI is InChI=1S/C20H26N2O4S/c1-14-9-10-19(26-5)20(13-14)27(24,25)21-11-12-22(17(4)23)18-8-6-7-15(2)16(18)3/h6-10,13,21H,11-12H2,1-5H3. The molecule has 0 aliphatic rings. The molecule has 0 spiro atoms. The molecule has 0 saturated carbocycles. The first kappa shape index (κ1) is 20.9. The van der Waals surface area contributed by atoms with Gasteiger partial charge in [0.05, 0.1) is 7.11 Å². The molecule has 0 fully saturated rings. The van der Waals surface area contributed by atoms with E-state index in [1.54, 1.807) is 23.1 Å². The van der Waals surface area contributed by atoms with Gasteiger partial charge < -0.3 is 9.64 Å². The third-order valence-electron chi connectivity index (χ3n) is 4.48. The summed E-state index contributed by atoms with van der Waals surface area (Å²) in [6, 6.07) is 10.7. The van der Waals surface area contributed by atoms with E-state index in [1.165, 1.54) is 14.0 Å². The van der Waals surface area contributed by atoms with Gasteiger partial charge in [-0.3, -0.25) is 4.79 Å². The van der Waals surface area contributed by atoms with Gasteiger partial charge in [0.15, 0.2) is 0 Å². The van der Waals surface area contributed by atoms with Crippen LogP contribution in [-0.2, 0) is 14.8 Å². The molecule has 7 heteroatoms. The third-order valence-corrected chi connectivity index (χ3v) is 5.97. The maximum atomic E-state index is 12.7. The van der Waals surface area contributed by atoms with Crippen LogP contribution in [0, 0.1) is 20.8 Å². The molecule has 0 atom stereocenters. The molecule has 2 aromatic carbocycles. The lowest BCUT2D eigenvalue weighted by atomic mass is 10.1. The van der Waals surface area contributed by atoms with Crippen molar-refractivity contribution in [2.24, 2.45) is 0 Å². The van der Waals surface area contributed by atoms with E-state index in [1.807, 2.05) is 39.0 Å². The Morgan fingerprint density at radius 1 is 1.15 bits per heavy atom. The van der Waals surface area contributed by atoms with Crippen LogP contribution in [0.3, 0.4) is 0 Å². The number of methoxy groups -OCH3 is 1. The number of benzene rings is 2. The molecule has 1 N–H and O–H groups in total. The Labute approximate surface area is 161 Å². The van der Waals surface area contributed by atoms with Crippen LogP contribution in [0.5, 0.6) is 5.75 Å². The smallest absolute Gasteiger partial charge is 0.244 e. The summed E-state index contributed by atoms with van der Waals surface area (Å²) in [6.45, 7) is 7.53. The van der Waals surface area contributed by atoms with Crippen molar-refractivity contribution in [3.8, 4) is 5.75 Å². The average molecular weight is 391 g/mol. The Hall–Kier alpha value is -2.38. The monoisotopic (exact) mass is 390 g/mol. The van der Waals surface area contributed by atoms with Gasteiger partial charge in [-0.15, -0.1) is 0 Å². The number of ether oxygens (including phenoxy) is 1. The van der Waals surface area contributed by atoms with Gasteiger partial charge in [0.1, 0.15) is 10.6 Å². The second kappa shape index (κ2) is 8.54. The Kier molecular flexibility index (Phi) is 6.62. The minimum atomic E-state index is -3.76. The quantitative estimate of drug-likeness (QED) is 0.789. The number of carbonyl (C=O) groups is 1.